The number of ether oxygens (including phenoxy) is 1. The normalized spacial score (nSPS) is 21.2. The third-order valence-electron chi connectivity index (χ3n) is 5.85. The third-order valence-corrected chi connectivity index (χ3v) is 5.85. The van der Waals surface area contributed by atoms with Gasteiger partial charge in [0.2, 0.25) is 18.2 Å². The molecule has 0 radical (unpaired) electrons. The lowest BCUT2D eigenvalue weighted by molar-refractivity contribution is -0.144. The summed E-state index contributed by atoms with van der Waals surface area (Å²) in [5, 5.41) is 3.02. The van der Waals surface area contributed by atoms with Crippen LogP contribution in [0.2, 0.25) is 0 Å². The molecule has 4 rings (SSSR count). The molecule has 8 heteroatoms. The van der Waals surface area contributed by atoms with Gasteiger partial charge in [-0.05, 0) is 25.0 Å². The van der Waals surface area contributed by atoms with E-state index in [-0.39, 0.29) is 11.8 Å². The summed E-state index contributed by atoms with van der Waals surface area (Å²) >= 11 is 0. The average molecular weight is 386 g/mol. The van der Waals surface area contributed by atoms with Gasteiger partial charge in [-0.3, -0.25) is 14.4 Å². The van der Waals surface area contributed by atoms with E-state index in [2.05, 4.69) is 10.2 Å². The molecule has 3 aliphatic rings. The van der Waals surface area contributed by atoms with Crippen LogP contribution in [0, 0.1) is 5.41 Å². The quantitative estimate of drug-likeness (QED) is 0.590. The van der Waals surface area contributed by atoms with Crippen LogP contribution in [0.3, 0.4) is 0 Å². The maximum atomic E-state index is 13.1. The van der Waals surface area contributed by atoms with E-state index in [1.54, 1.807) is 9.80 Å². The third kappa shape index (κ3) is 3.56. The first-order valence-electron chi connectivity index (χ1n) is 9.86. The van der Waals surface area contributed by atoms with Crippen molar-refractivity contribution in [3.63, 3.8) is 0 Å². The molecule has 1 saturated carbocycles. The van der Waals surface area contributed by atoms with Crippen LogP contribution in [0.5, 0.6) is 0 Å². The van der Waals surface area contributed by atoms with Crippen molar-refractivity contribution in [2.45, 2.75) is 12.8 Å². The van der Waals surface area contributed by atoms with Crippen LogP contribution in [0.15, 0.2) is 24.3 Å². The molecule has 3 fully saturated rings. The van der Waals surface area contributed by atoms with Crippen LogP contribution in [0.1, 0.15) is 12.8 Å². The zero-order chi connectivity index (χ0) is 19.6. The Hall–Kier alpha value is -2.61. The number of carbonyl (C=O) groups is 3. The first-order chi connectivity index (χ1) is 13.6. The fourth-order valence-corrected chi connectivity index (χ4v) is 3.90. The number of hydrogen-bond donors (Lipinski definition) is 1. The standard InChI is InChI=1S/C20H26N4O4/c25-15-22-7-9-24(10-8-22)19(27)20(5-6-20)18(26)21-16-3-1-2-4-17(16)23-11-13-28-14-12-23/h1-4,15H,5-14H2,(H,21,26). The Morgan fingerprint density at radius 2 is 1.68 bits per heavy atom. The lowest BCUT2D eigenvalue weighted by Gasteiger charge is -2.34. The fraction of sp³-hybridized carbons (Fsp3) is 0.550. The number of amides is 3. The Bertz CT molecular complexity index is 750. The van der Waals surface area contributed by atoms with Gasteiger partial charge in [0, 0.05) is 39.3 Å². The lowest BCUT2D eigenvalue weighted by atomic mass is 10.0. The number of para-hydroxylation sites is 2. The second-order valence-corrected chi connectivity index (χ2v) is 7.59. The molecule has 2 aliphatic heterocycles. The van der Waals surface area contributed by atoms with Crippen LogP contribution in [-0.4, -0.2) is 80.5 Å². The summed E-state index contributed by atoms with van der Waals surface area (Å²) in [6.07, 6.45) is 1.96. The van der Waals surface area contributed by atoms with Crippen molar-refractivity contribution in [1.82, 2.24) is 9.80 Å². The van der Waals surface area contributed by atoms with E-state index >= 15 is 0 Å². The van der Waals surface area contributed by atoms with Gasteiger partial charge in [0.05, 0.1) is 24.6 Å². The highest BCUT2D eigenvalue weighted by Gasteiger charge is 2.58. The van der Waals surface area contributed by atoms with Crippen molar-refractivity contribution in [2.75, 3.05) is 62.7 Å². The minimum absolute atomic E-state index is 0.112. The second-order valence-electron chi connectivity index (χ2n) is 7.59. The zero-order valence-electron chi connectivity index (χ0n) is 15.9. The second kappa shape index (κ2) is 7.79. The molecule has 0 atom stereocenters. The molecule has 8 nitrogen and oxygen atoms in total. The number of anilines is 2. The number of hydrogen-bond acceptors (Lipinski definition) is 5. The van der Waals surface area contributed by atoms with Gasteiger partial charge < -0.3 is 24.8 Å². The summed E-state index contributed by atoms with van der Waals surface area (Å²) < 4.78 is 5.42. The predicted octanol–water partition coefficient (Wildman–Crippen LogP) is 0.543. The van der Waals surface area contributed by atoms with E-state index in [1.807, 2.05) is 24.3 Å². The Kier molecular flexibility index (Phi) is 5.21. The zero-order valence-corrected chi connectivity index (χ0v) is 15.9. The van der Waals surface area contributed by atoms with Gasteiger partial charge >= 0.3 is 0 Å². The molecule has 2 saturated heterocycles. The van der Waals surface area contributed by atoms with Gasteiger partial charge in [0.15, 0.2) is 0 Å². The van der Waals surface area contributed by atoms with Gasteiger partial charge in [-0.2, -0.15) is 0 Å². The van der Waals surface area contributed by atoms with E-state index in [4.69, 9.17) is 4.74 Å². The van der Waals surface area contributed by atoms with E-state index in [0.717, 1.165) is 30.9 Å². The molecule has 1 aliphatic carbocycles. The van der Waals surface area contributed by atoms with Crippen molar-refractivity contribution >= 4 is 29.6 Å². The minimum Gasteiger partial charge on any atom is -0.378 e. The molecule has 3 amide bonds. The van der Waals surface area contributed by atoms with Crippen molar-refractivity contribution in [2.24, 2.45) is 5.41 Å². The van der Waals surface area contributed by atoms with Crippen molar-refractivity contribution in [3.8, 4) is 0 Å². The molecule has 1 N–H and O–H groups in total. The highest BCUT2D eigenvalue weighted by atomic mass is 16.5. The van der Waals surface area contributed by atoms with E-state index < -0.39 is 5.41 Å². The Labute approximate surface area is 164 Å². The monoisotopic (exact) mass is 386 g/mol. The Balaban J connectivity index is 1.45. The molecule has 1 aromatic carbocycles. The maximum absolute atomic E-state index is 13.1. The summed E-state index contributed by atoms with van der Waals surface area (Å²) in [5.74, 6) is -0.338. The van der Waals surface area contributed by atoms with E-state index in [0.29, 0.717) is 52.2 Å². The first kappa shape index (κ1) is 18.7. The number of rotatable bonds is 5. The number of benzene rings is 1. The maximum Gasteiger partial charge on any atom is 0.240 e. The van der Waals surface area contributed by atoms with Gasteiger partial charge in [-0.15, -0.1) is 0 Å². The SMILES string of the molecule is O=CN1CCN(C(=O)C2(C(=O)Nc3ccccc3N3CCOCC3)CC2)CC1. The molecule has 0 unspecified atom stereocenters. The number of nitrogens with one attached hydrogen (secondary N) is 1. The molecule has 0 spiro atoms. The van der Waals surface area contributed by atoms with Crippen LogP contribution in [0.4, 0.5) is 11.4 Å². The predicted molar refractivity (Wildman–Crippen MR) is 104 cm³/mol. The molecular formula is C20H26N4O4. The number of carbonyl (C=O) groups excluding carboxylic acids is 3. The molecule has 1 aromatic rings. The first-order valence-corrected chi connectivity index (χ1v) is 9.86. The van der Waals surface area contributed by atoms with E-state index in [1.165, 1.54) is 0 Å². The molecule has 0 bridgehead atoms. The summed E-state index contributed by atoms with van der Waals surface area (Å²) in [6.45, 7) is 4.89. The number of morpholine rings is 1. The summed E-state index contributed by atoms with van der Waals surface area (Å²) in [5.41, 5.74) is 0.739. The lowest BCUT2D eigenvalue weighted by Crippen LogP contribution is -2.52. The number of nitrogens with zero attached hydrogens (tertiary/aromatic N) is 3. The van der Waals surface area contributed by atoms with E-state index in [9.17, 15) is 14.4 Å². The van der Waals surface area contributed by atoms with Crippen molar-refractivity contribution in [3.05, 3.63) is 24.3 Å². The molecule has 2 heterocycles. The van der Waals surface area contributed by atoms with Crippen LogP contribution < -0.4 is 10.2 Å². The minimum atomic E-state index is -0.957. The molecule has 28 heavy (non-hydrogen) atoms. The topological polar surface area (TPSA) is 82.2 Å². The fourth-order valence-electron chi connectivity index (χ4n) is 3.90. The van der Waals surface area contributed by atoms with Gasteiger partial charge in [0.1, 0.15) is 5.41 Å². The van der Waals surface area contributed by atoms with Gasteiger partial charge in [-0.1, -0.05) is 12.1 Å². The van der Waals surface area contributed by atoms with Crippen molar-refractivity contribution in [1.29, 1.82) is 0 Å². The van der Waals surface area contributed by atoms with Crippen LogP contribution >= 0.6 is 0 Å². The molecule has 0 aromatic heterocycles. The van der Waals surface area contributed by atoms with Crippen LogP contribution in [-0.2, 0) is 19.1 Å². The van der Waals surface area contributed by atoms with Crippen molar-refractivity contribution < 1.29 is 19.1 Å². The largest absolute Gasteiger partial charge is 0.378 e. The molecular weight excluding hydrogens is 360 g/mol. The van der Waals surface area contributed by atoms with Gasteiger partial charge in [0.25, 0.3) is 0 Å². The Morgan fingerprint density at radius 1 is 1.00 bits per heavy atom. The summed E-state index contributed by atoms with van der Waals surface area (Å²) in [4.78, 5) is 42.5. The highest BCUT2D eigenvalue weighted by Crippen LogP contribution is 2.48. The average Bonchev–Trinajstić information content (AvgIpc) is 3.56. The molecule has 150 valence electrons. The smallest absolute Gasteiger partial charge is 0.240 e. The highest BCUT2D eigenvalue weighted by molar-refractivity contribution is 6.13. The van der Waals surface area contributed by atoms with Gasteiger partial charge in [-0.25, -0.2) is 0 Å². The summed E-state index contributed by atoms with van der Waals surface area (Å²) in [7, 11) is 0. The number of piperazine rings is 1. The Morgan fingerprint density at radius 3 is 2.32 bits per heavy atom. The van der Waals surface area contributed by atoms with Crippen LogP contribution in [0.25, 0.3) is 0 Å². The summed E-state index contributed by atoms with van der Waals surface area (Å²) in [6, 6.07) is 7.71.